The number of nitrogens with zero attached hydrogens (tertiary/aromatic N) is 1. The lowest BCUT2D eigenvalue weighted by Crippen LogP contribution is -2.32. The molecule has 0 saturated carbocycles. The zero-order valence-electron chi connectivity index (χ0n) is 16.3. The van der Waals surface area contributed by atoms with Crippen LogP contribution in [0.5, 0.6) is 0 Å². The highest BCUT2D eigenvalue weighted by Gasteiger charge is 2.39. The van der Waals surface area contributed by atoms with E-state index in [1.165, 1.54) is 37.0 Å². The van der Waals surface area contributed by atoms with Crippen molar-refractivity contribution in [3.63, 3.8) is 0 Å². The van der Waals surface area contributed by atoms with Crippen LogP contribution in [0, 0.1) is 13.8 Å². The molecule has 0 aromatic heterocycles. The third kappa shape index (κ3) is 4.75. The molecule has 2 amide bonds. The van der Waals surface area contributed by atoms with Crippen LogP contribution in [0.1, 0.15) is 75.0 Å². The monoisotopic (exact) mass is 357 g/mol. The molecular weight excluding hydrogens is 326 g/mol. The van der Waals surface area contributed by atoms with Gasteiger partial charge < -0.3 is 5.11 Å². The lowest BCUT2D eigenvalue weighted by atomic mass is 9.98. The summed E-state index contributed by atoms with van der Waals surface area (Å²) in [6.45, 7) is 6.45. The van der Waals surface area contributed by atoms with Crippen LogP contribution >= 0.6 is 0 Å². The van der Waals surface area contributed by atoms with Gasteiger partial charge in [-0.05, 0) is 31.4 Å². The number of carbonyl (C=O) groups excluding carboxylic acids is 2. The second kappa shape index (κ2) is 9.56. The van der Waals surface area contributed by atoms with Gasteiger partial charge in [-0.1, -0.05) is 75.6 Å². The Morgan fingerprint density at radius 1 is 0.885 bits per heavy atom. The van der Waals surface area contributed by atoms with Gasteiger partial charge in [-0.25, -0.2) is 0 Å². The number of rotatable bonds is 10. The maximum absolute atomic E-state index is 12.7. The maximum Gasteiger partial charge on any atom is 0.296 e. The van der Waals surface area contributed by atoms with Crippen molar-refractivity contribution in [3.05, 3.63) is 40.6 Å². The van der Waals surface area contributed by atoms with Crippen LogP contribution < -0.4 is 0 Å². The number of unbranched alkanes of at least 4 members (excludes halogenated alkanes) is 7. The number of aryl methyl sites for hydroxylation is 2. The maximum atomic E-state index is 12.7. The van der Waals surface area contributed by atoms with Gasteiger partial charge in [0.25, 0.3) is 11.8 Å². The summed E-state index contributed by atoms with van der Waals surface area (Å²) in [4.78, 5) is 26.2. The van der Waals surface area contributed by atoms with Crippen LogP contribution in [0.4, 0.5) is 0 Å². The Hall–Kier alpha value is -2.10. The van der Waals surface area contributed by atoms with Crippen molar-refractivity contribution in [1.29, 1.82) is 0 Å². The Morgan fingerprint density at radius 3 is 2.12 bits per heavy atom. The second-order valence-electron chi connectivity index (χ2n) is 7.28. The molecule has 0 unspecified atom stereocenters. The Balaban J connectivity index is 1.90. The summed E-state index contributed by atoms with van der Waals surface area (Å²) in [5, 5.41) is 10.2. The lowest BCUT2D eigenvalue weighted by molar-refractivity contribution is -0.138. The van der Waals surface area contributed by atoms with Gasteiger partial charge in [0, 0.05) is 6.54 Å². The minimum absolute atomic E-state index is 0.145. The van der Waals surface area contributed by atoms with Gasteiger partial charge in [-0.2, -0.15) is 0 Å². The number of aliphatic hydroxyl groups excluding tert-OH is 1. The molecule has 0 saturated heterocycles. The van der Waals surface area contributed by atoms with Crippen LogP contribution in [0.15, 0.2) is 24.0 Å². The van der Waals surface area contributed by atoms with Gasteiger partial charge in [0.1, 0.15) is 0 Å². The molecule has 142 valence electrons. The molecule has 0 fully saturated rings. The van der Waals surface area contributed by atoms with Gasteiger partial charge in [0.2, 0.25) is 0 Å². The van der Waals surface area contributed by atoms with E-state index < -0.39 is 11.7 Å². The highest BCUT2D eigenvalue weighted by atomic mass is 16.3. The largest absolute Gasteiger partial charge is 0.502 e. The average molecular weight is 357 g/mol. The lowest BCUT2D eigenvalue weighted by Gasteiger charge is -2.14. The molecule has 1 aromatic rings. The SMILES string of the molecule is CCCCCCCCCCN1C(=O)C(O)=C(c2ccc(C)cc2C)C1=O. The minimum atomic E-state index is -0.562. The van der Waals surface area contributed by atoms with Crippen molar-refractivity contribution >= 4 is 17.4 Å². The van der Waals surface area contributed by atoms with Crippen LogP contribution in [0.2, 0.25) is 0 Å². The first-order chi connectivity index (χ1) is 12.5. The molecule has 1 N–H and O–H groups in total. The molecule has 1 heterocycles. The Bertz CT molecular complexity index is 691. The summed E-state index contributed by atoms with van der Waals surface area (Å²) in [5.41, 5.74) is 2.76. The predicted molar refractivity (Wildman–Crippen MR) is 105 cm³/mol. The molecule has 0 spiro atoms. The molecule has 4 heteroatoms. The fourth-order valence-electron chi connectivity index (χ4n) is 3.51. The molecule has 26 heavy (non-hydrogen) atoms. The van der Waals surface area contributed by atoms with E-state index >= 15 is 0 Å². The Labute approximate surface area is 156 Å². The third-order valence-electron chi connectivity index (χ3n) is 5.03. The van der Waals surface area contributed by atoms with E-state index in [0.29, 0.717) is 12.1 Å². The van der Waals surface area contributed by atoms with Gasteiger partial charge in [-0.15, -0.1) is 0 Å². The first-order valence-electron chi connectivity index (χ1n) is 9.84. The molecule has 4 nitrogen and oxygen atoms in total. The summed E-state index contributed by atoms with van der Waals surface area (Å²) >= 11 is 0. The number of hydrogen-bond donors (Lipinski definition) is 1. The van der Waals surface area contributed by atoms with Gasteiger partial charge >= 0.3 is 0 Å². The van der Waals surface area contributed by atoms with E-state index in [1.54, 1.807) is 6.07 Å². The van der Waals surface area contributed by atoms with Gasteiger partial charge in [0.15, 0.2) is 5.76 Å². The standard InChI is InChI=1S/C22H31NO3/c1-4-5-6-7-8-9-10-11-14-23-21(25)19(20(24)22(23)26)18-13-12-16(2)15-17(18)3/h12-13,15,24H,4-11,14H2,1-3H3. The third-order valence-corrected chi connectivity index (χ3v) is 5.03. The Kier molecular flexibility index (Phi) is 7.43. The first-order valence-corrected chi connectivity index (χ1v) is 9.84. The number of amides is 2. The summed E-state index contributed by atoms with van der Waals surface area (Å²) < 4.78 is 0. The number of aliphatic hydroxyl groups is 1. The van der Waals surface area contributed by atoms with Crippen molar-refractivity contribution < 1.29 is 14.7 Å². The number of carbonyl (C=O) groups is 2. The van der Waals surface area contributed by atoms with E-state index in [9.17, 15) is 14.7 Å². The minimum Gasteiger partial charge on any atom is -0.502 e. The number of hydrogen-bond acceptors (Lipinski definition) is 3. The van der Waals surface area contributed by atoms with Crippen molar-refractivity contribution in [3.8, 4) is 0 Å². The smallest absolute Gasteiger partial charge is 0.296 e. The van der Waals surface area contributed by atoms with E-state index in [4.69, 9.17) is 0 Å². The molecule has 0 atom stereocenters. The quantitative estimate of drug-likeness (QED) is 0.469. The van der Waals surface area contributed by atoms with Crippen molar-refractivity contribution in [2.75, 3.05) is 6.54 Å². The van der Waals surface area contributed by atoms with E-state index in [-0.39, 0.29) is 11.5 Å². The van der Waals surface area contributed by atoms with Crippen molar-refractivity contribution in [2.45, 2.75) is 72.1 Å². The Morgan fingerprint density at radius 2 is 1.50 bits per heavy atom. The average Bonchev–Trinajstić information content (AvgIpc) is 2.81. The fraction of sp³-hybridized carbons (Fsp3) is 0.545. The first kappa shape index (κ1) is 20.2. The van der Waals surface area contributed by atoms with Crippen LogP contribution in [0.3, 0.4) is 0 Å². The molecule has 1 aliphatic rings. The summed E-state index contributed by atoms with van der Waals surface area (Å²) in [5.74, 6) is -1.35. The number of imide groups is 1. The second-order valence-corrected chi connectivity index (χ2v) is 7.28. The normalized spacial score (nSPS) is 14.7. The van der Waals surface area contributed by atoms with E-state index in [0.717, 1.165) is 30.4 Å². The van der Waals surface area contributed by atoms with Crippen molar-refractivity contribution in [2.24, 2.45) is 0 Å². The molecular formula is C22H31NO3. The number of benzene rings is 1. The molecule has 0 aliphatic carbocycles. The van der Waals surface area contributed by atoms with E-state index in [2.05, 4.69) is 6.92 Å². The van der Waals surface area contributed by atoms with Crippen molar-refractivity contribution in [1.82, 2.24) is 4.90 Å². The zero-order chi connectivity index (χ0) is 19.1. The fourth-order valence-corrected chi connectivity index (χ4v) is 3.51. The molecule has 2 rings (SSSR count). The molecule has 1 aliphatic heterocycles. The summed E-state index contributed by atoms with van der Waals surface area (Å²) in [6.07, 6.45) is 9.22. The van der Waals surface area contributed by atoms with Gasteiger partial charge in [-0.3, -0.25) is 14.5 Å². The highest BCUT2D eigenvalue weighted by molar-refractivity contribution is 6.35. The molecule has 0 radical (unpaired) electrons. The van der Waals surface area contributed by atoms with Gasteiger partial charge in [0.05, 0.1) is 5.57 Å². The predicted octanol–water partition coefficient (Wildman–Crippen LogP) is 5.08. The molecule has 0 bridgehead atoms. The van der Waals surface area contributed by atoms with E-state index in [1.807, 2.05) is 26.0 Å². The van der Waals surface area contributed by atoms with Crippen LogP contribution in [-0.4, -0.2) is 28.4 Å². The molecule has 1 aromatic carbocycles. The zero-order valence-corrected chi connectivity index (χ0v) is 16.3. The van der Waals surface area contributed by atoms with Crippen LogP contribution in [0.25, 0.3) is 5.57 Å². The van der Waals surface area contributed by atoms with Crippen LogP contribution in [-0.2, 0) is 9.59 Å². The highest BCUT2D eigenvalue weighted by Crippen LogP contribution is 2.30. The summed E-state index contributed by atoms with van der Waals surface area (Å²) in [6, 6.07) is 5.65. The topological polar surface area (TPSA) is 57.6 Å². The summed E-state index contributed by atoms with van der Waals surface area (Å²) in [7, 11) is 0.